The summed E-state index contributed by atoms with van der Waals surface area (Å²) in [6.45, 7) is 0. The van der Waals surface area contributed by atoms with E-state index < -0.39 is 0 Å². The molecule has 0 atom stereocenters. The first-order chi connectivity index (χ1) is 25.3. The number of hydrogen-bond acceptors (Lipinski definition) is 4. The van der Waals surface area contributed by atoms with Crippen molar-refractivity contribution in [1.82, 2.24) is 19.5 Å². The average Bonchev–Trinajstić information content (AvgIpc) is 3.74. The predicted octanol–water partition coefficient (Wildman–Crippen LogP) is 11.5. The molecule has 240 valence electrons. The summed E-state index contributed by atoms with van der Waals surface area (Å²) < 4.78 is 8.94. The van der Waals surface area contributed by atoms with E-state index in [1.807, 2.05) is 72.8 Å². The lowest BCUT2D eigenvalue weighted by Crippen LogP contribution is -2.07. The molecule has 10 aromatic rings. The smallest absolute Gasteiger partial charge is 0.163 e. The first kappa shape index (κ1) is 29.1. The zero-order valence-electron chi connectivity index (χ0n) is 27.6. The van der Waals surface area contributed by atoms with E-state index in [4.69, 9.17) is 19.4 Å². The molecule has 5 nitrogen and oxygen atoms in total. The van der Waals surface area contributed by atoms with Crippen LogP contribution in [0.25, 0.3) is 83.3 Å². The molecule has 10 rings (SSSR count). The molecule has 3 heterocycles. The fraction of sp³-hybridized carbons (Fsp3) is 0.0217. The Kier molecular flexibility index (Phi) is 6.81. The topological polar surface area (TPSA) is 56.7 Å². The van der Waals surface area contributed by atoms with E-state index in [1.165, 1.54) is 10.8 Å². The van der Waals surface area contributed by atoms with Crippen molar-refractivity contribution in [1.29, 1.82) is 0 Å². The molecule has 0 radical (unpaired) electrons. The number of para-hydroxylation sites is 3. The van der Waals surface area contributed by atoms with Crippen LogP contribution in [0.4, 0.5) is 0 Å². The number of hydrogen-bond donors (Lipinski definition) is 0. The van der Waals surface area contributed by atoms with Crippen LogP contribution >= 0.6 is 0 Å². The molecule has 0 saturated carbocycles. The van der Waals surface area contributed by atoms with Crippen molar-refractivity contribution >= 4 is 43.7 Å². The summed E-state index contributed by atoms with van der Waals surface area (Å²) in [6, 6.07) is 58.9. The van der Waals surface area contributed by atoms with Crippen LogP contribution in [0.2, 0.25) is 0 Å². The second kappa shape index (κ2) is 11.9. The zero-order valence-corrected chi connectivity index (χ0v) is 27.6. The second-order valence-electron chi connectivity index (χ2n) is 12.8. The summed E-state index contributed by atoms with van der Waals surface area (Å²) >= 11 is 0. The highest BCUT2D eigenvalue weighted by molar-refractivity contribution is 6.14. The van der Waals surface area contributed by atoms with Gasteiger partial charge in [0.15, 0.2) is 11.6 Å². The summed E-state index contributed by atoms with van der Waals surface area (Å²) in [7, 11) is 0. The van der Waals surface area contributed by atoms with Gasteiger partial charge < -0.3 is 8.98 Å². The van der Waals surface area contributed by atoms with Crippen LogP contribution in [0.15, 0.2) is 174 Å². The van der Waals surface area contributed by atoms with Gasteiger partial charge in [-0.1, -0.05) is 146 Å². The zero-order chi connectivity index (χ0) is 33.7. The van der Waals surface area contributed by atoms with Gasteiger partial charge in [-0.25, -0.2) is 15.0 Å². The molecule has 0 unspecified atom stereocenters. The Morgan fingerprint density at radius 2 is 1.04 bits per heavy atom. The number of furan rings is 1. The quantitative estimate of drug-likeness (QED) is 0.179. The molecule has 0 saturated heterocycles. The van der Waals surface area contributed by atoms with Crippen LogP contribution in [0.5, 0.6) is 0 Å². The van der Waals surface area contributed by atoms with E-state index in [0.717, 1.165) is 66.5 Å². The van der Waals surface area contributed by atoms with E-state index >= 15 is 0 Å². The summed E-state index contributed by atoms with van der Waals surface area (Å²) in [5, 5.41) is 4.53. The number of nitrogens with zero attached hydrogens (tertiary/aromatic N) is 4. The fourth-order valence-electron chi connectivity index (χ4n) is 7.38. The molecule has 0 bridgehead atoms. The van der Waals surface area contributed by atoms with E-state index in [9.17, 15) is 0 Å². The summed E-state index contributed by atoms with van der Waals surface area (Å²) in [5.74, 6) is 2.00. The Balaban J connectivity index is 1.27. The molecule has 0 fully saturated rings. The molecule has 7 aromatic carbocycles. The van der Waals surface area contributed by atoms with Gasteiger partial charge in [0.25, 0.3) is 0 Å². The van der Waals surface area contributed by atoms with Crippen LogP contribution in [-0.4, -0.2) is 19.5 Å². The molecule has 0 aliphatic rings. The van der Waals surface area contributed by atoms with Gasteiger partial charge in [-0.2, -0.15) is 0 Å². The maximum absolute atomic E-state index is 6.53. The largest absolute Gasteiger partial charge is 0.456 e. The SMILES string of the molecule is c1ccc(-c2nc(Cc3cc4c(cc3-n3c5ccccc5c5cccc(-c6ccccc6)c53)oc3ccccc34)nc(-c3ccccc3)n2)cc1. The monoisotopic (exact) mass is 654 g/mol. The molecule has 3 aromatic heterocycles. The standard InChI is InChI=1S/C46H30N4O/c1-4-15-30(16-5-1)34-23-14-24-37-35-21-10-12-25-39(35)50(44(34)37)40-29-42-38(36-22-11-13-26-41(36)51-42)27-33(40)28-43-47-45(31-17-6-2-7-18-31)49-46(48-43)32-19-8-3-9-20-32/h1-27,29H,28H2. The van der Waals surface area contributed by atoms with Crippen LogP contribution in [0.3, 0.4) is 0 Å². The van der Waals surface area contributed by atoms with Gasteiger partial charge in [0.05, 0.1) is 16.7 Å². The van der Waals surface area contributed by atoms with E-state index in [1.54, 1.807) is 0 Å². The highest BCUT2D eigenvalue weighted by Crippen LogP contribution is 2.41. The normalized spacial score (nSPS) is 11.6. The summed E-state index contributed by atoms with van der Waals surface area (Å²) in [5.41, 5.74) is 10.3. The minimum atomic E-state index is 0.481. The van der Waals surface area contributed by atoms with E-state index in [-0.39, 0.29) is 0 Å². The van der Waals surface area contributed by atoms with Gasteiger partial charge in [0.1, 0.15) is 17.0 Å². The number of rotatable bonds is 6. The van der Waals surface area contributed by atoms with Crippen LogP contribution in [0, 0.1) is 0 Å². The summed E-state index contributed by atoms with van der Waals surface area (Å²) in [6.07, 6.45) is 0.481. The molecule has 0 N–H and O–H groups in total. The lowest BCUT2D eigenvalue weighted by molar-refractivity contribution is 0.668. The van der Waals surface area contributed by atoms with Crippen molar-refractivity contribution in [3.63, 3.8) is 0 Å². The summed E-state index contributed by atoms with van der Waals surface area (Å²) in [4.78, 5) is 15.2. The number of aromatic nitrogens is 4. The van der Waals surface area contributed by atoms with Crippen LogP contribution in [0.1, 0.15) is 11.4 Å². The van der Waals surface area contributed by atoms with Gasteiger partial charge >= 0.3 is 0 Å². The second-order valence-corrected chi connectivity index (χ2v) is 12.8. The molecule has 5 heteroatoms. The molecular formula is C46H30N4O. The average molecular weight is 655 g/mol. The van der Waals surface area contributed by atoms with Gasteiger partial charge in [-0.15, -0.1) is 0 Å². The molecule has 0 aliphatic heterocycles. The molecule has 0 aliphatic carbocycles. The highest BCUT2D eigenvalue weighted by Gasteiger charge is 2.22. The lowest BCUT2D eigenvalue weighted by atomic mass is 10.0. The van der Waals surface area contributed by atoms with E-state index in [0.29, 0.717) is 23.9 Å². The van der Waals surface area contributed by atoms with Crippen LogP contribution in [-0.2, 0) is 6.42 Å². The van der Waals surface area contributed by atoms with Gasteiger partial charge in [-0.05, 0) is 29.3 Å². The molecular weight excluding hydrogens is 625 g/mol. The van der Waals surface area contributed by atoms with Crippen molar-refractivity contribution in [2.24, 2.45) is 0 Å². The van der Waals surface area contributed by atoms with E-state index in [2.05, 4.69) is 102 Å². The molecule has 0 amide bonds. The number of benzene rings is 7. The van der Waals surface area contributed by atoms with Gasteiger partial charge in [0.2, 0.25) is 0 Å². The Labute approximate surface area is 294 Å². The maximum atomic E-state index is 6.53. The lowest BCUT2D eigenvalue weighted by Gasteiger charge is -2.16. The molecule has 0 spiro atoms. The Morgan fingerprint density at radius 3 is 1.75 bits per heavy atom. The number of fused-ring (bicyclic) bond motifs is 6. The van der Waals surface area contributed by atoms with Gasteiger partial charge in [-0.3, -0.25) is 0 Å². The van der Waals surface area contributed by atoms with Crippen molar-refractivity contribution in [2.45, 2.75) is 6.42 Å². The Morgan fingerprint density at radius 1 is 0.451 bits per heavy atom. The van der Waals surface area contributed by atoms with Gasteiger partial charge in [0, 0.05) is 50.7 Å². The highest BCUT2D eigenvalue weighted by atomic mass is 16.3. The van der Waals surface area contributed by atoms with Crippen LogP contribution < -0.4 is 0 Å². The third-order valence-corrected chi connectivity index (χ3v) is 9.69. The van der Waals surface area contributed by atoms with Crippen molar-refractivity contribution in [2.75, 3.05) is 0 Å². The van der Waals surface area contributed by atoms with Crippen molar-refractivity contribution in [3.05, 3.63) is 181 Å². The Hall–Kier alpha value is -6.85. The maximum Gasteiger partial charge on any atom is 0.163 e. The minimum absolute atomic E-state index is 0.481. The third kappa shape index (κ3) is 4.98. The minimum Gasteiger partial charge on any atom is -0.456 e. The third-order valence-electron chi connectivity index (χ3n) is 9.69. The Bertz CT molecular complexity index is 2820. The first-order valence-electron chi connectivity index (χ1n) is 17.2. The van der Waals surface area contributed by atoms with Crippen molar-refractivity contribution < 1.29 is 4.42 Å². The first-order valence-corrected chi connectivity index (χ1v) is 17.2. The van der Waals surface area contributed by atoms with Crippen molar-refractivity contribution in [3.8, 4) is 39.6 Å². The fourth-order valence-corrected chi connectivity index (χ4v) is 7.38. The predicted molar refractivity (Wildman–Crippen MR) is 207 cm³/mol. The molecule has 51 heavy (non-hydrogen) atoms.